The van der Waals surface area contributed by atoms with Crippen LogP contribution in [0, 0.1) is 0 Å². The molecule has 1 aromatic rings. The molecule has 9 nitrogen and oxygen atoms in total. The van der Waals surface area contributed by atoms with E-state index in [1.807, 2.05) is 0 Å². The van der Waals surface area contributed by atoms with E-state index >= 15 is 0 Å². The lowest BCUT2D eigenvalue weighted by atomic mass is 10.1. The highest BCUT2D eigenvalue weighted by Crippen LogP contribution is 2.32. The molecule has 1 aliphatic heterocycles. The van der Waals surface area contributed by atoms with Crippen LogP contribution in [0.1, 0.15) is 19.4 Å². The first-order valence-corrected chi connectivity index (χ1v) is 8.51. The Bertz CT molecular complexity index is 690. The summed E-state index contributed by atoms with van der Waals surface area (Å²) in [5.74, 6) is -0.584. The van der Waals surface area contributed by atoms with E-state index < -0.39 is 30.7 Å². The van der Waals surface area contributed by atoms with Crippen molar-refractivity contribution < 1.29 is 39.8 Å². The largest absolute Gasteiger partial charge is 0.504 e. The highest BCUT2D eigenvalue weighted by Gasteiger charge is 2.46. The maximum Gasteiger partial charge on any atom is 0.247 e. The third kappa shape index (κ3) is 5.18. The Kier molecular flexibility index (Phi) is 7.17. The van der Waals surface area contributed by atoms with Gasteiger partial charge in [-0.15, -0.1) is 0 Å². The Balaban J connectivity index is 2.08. The summed E-state index contributed by atoms with van der Waals surface area (Å²) < 4.78 is 10.7. The maximum absolute atomic E-state index is 11.8. The van der Waals surface area contributed by atoms with Crippen molar-refractivity contribution in [2.45, 2.75) is 44.6 Å². The second-order valence-electron chi connectivity index (χ2n) is 6.34. The van der Waals surface area contributed by atoms with Crippen molar-refractivity contribution in [3.63, 3.8) is 0 Å². The Morgan fingerprint density at radius 1 is 1.37 bits per heavy atom. The third-order valence-corrected chi connectivity index (χ3v) is 4.10. The molecule has 2 rings (SSSR count). The molecule has 6 N–H and O–H groups in total. The molecule has 0 saturated carbocycles. The minimum absolute atomic E-state index is 0.0111. The SMILES string of the molecule is C/C(=C\c1ccc(O[C@@H]2O[C@H]([C@H](C)O)[C@@H](O)[C@@H]2O)c(O)c1)C(=O)NCCO. The highest BCUT2D eigenvalue weighted by atomic mass is 16.7. The number of amides is 1. The lowest BCUT2D eigenvalue weighted by Crippen LogP contribution is -2.38. The summed E-state index contributed by atoms with van der Waals surface area (Å²) in [4.78, 5) is 11.8. The second kappa shape index (κ2) is 9.16. The number of rotatable bonds is 7. The molecule has 0 aliphatic carbocycles. The van der Waals surface area contributed by atoms with Gasteiger partial charge in [-0.2, -0.15) is 0 Å². The van der Waals surface area contributed by atoms with Crippen molar-refractivity contribution in [3.8, 4) is 11.5 Å². The van der Waals surface area contributed by atoms with Gasteiger partial charge in [-0.3, -0.25) is 4.79 Å². The monoisotopic (exact) mass is 383 g/mol. The van der Waals surface area contributed by atoms with Crippen molar-refractivity contribution in [2.24, 2.45) is 0 Å². The zero-order chi connectivity index (χ0) is 20.1. The van der Waals surface area contributed by atoms with Gasteiger partial charge in [-0.1, -0.05) is 6.07 Å². The van der Waals surface area contributed by atoms with Crippen LogP contribution >= 0.6 is 0 Å². The van der Waals surface area contributed by atoms with Crippen LogP contribution in [-0.4, -0.2) is 75.3 Å². The predicted octanol–water partition coefficient (Wildman–Crippen LogP) is -0.890. The maximum atomic E-state index is 11.8. The van der Waals surface area contributed by atoms with Crippen LogP contribution < -0.4 is 10.1 Å². The number of phenolic OH excluding ortho intramolecular Hbond substituents is 1. The Morgan fingerprint density at radius 2 is 2.07 bits per heavy atom. The van der Waals surface area contributed by atoms with Gasteiger partial charge in [-0.05, 0) is 37.6 Å². The molecule has 0 spiro atoms. The fraction of sp³-hybridized carbons (Fsp3) is 0.500. The number of benzene rings is 1. The molecule has 9 heteroatoms. The molecule has 1 saturated heterocycles. The minimum Gasteiger partial charge on any atom is -0.504 e. The summed E-state index contributed by atoms with van der Waals surface area (Å²) in [6.07, 6.45) is -4.43. The second-order valence-corrected chi connectivity index (χ2v) is 6.34. The first-order chi connectivity index (χ1) is 12.7. The van der Waals surface area contributed by atoms with E-state index in [4.69, 9.17) is 14.6 Å². The van der Waals surface area contributed by atoms with E-state index in [9.17, 15) is 25.2 Å². The predicted molar refractivity (Wildman–Crippen MR) is 94.8 cm³/mol. The lowest BCUT2D eigenvalue weighted by Gasteiger charge is -2.18. The van der Waals surface area contributed by atoms with Crippen LogP contribution in [0.2, 0.25) is 0 Å². The van der Waals surface area contributed by atoms with Crippen molar-refractivity contribution >= 4 is 12.0 Å². The number of carbonyl (C=O) groups is 1. The van der Waals surface area contributed by atoms with Gasteiger partial charge in [0.15, 0.2) is 11.5 Å². The first-order valence-electron chi connectivity index (χ1n) is 8.51. The molecule has 1 aromatic carbocycles. The molecule has 1 amide bonds. The van der Waals surface area contributed by atoms with Crippen LogP contribution in [0.5, 0.6) is 11.5 Å². The fourth-order valence-corrected chi connectivity index (χ4v) is 2.64. The molecule has 27 heavy (non-hydrogen) atoms. The van der Waals surface area contributed by atoms with E-state index in [1.165, 1.54) is 19.1 Å². The molecule has 0 aromatic heterocycles. The number of carbonyl (C=O) groups excluding carboxylic acids is 1. The first kappa shape index (κ1) is 21.1. The number of nitrogens with one attached hydrogen (secondary N) is 1. The van der Waals surface area contributed by atoms with Crippen molar-refractivity contribution in [2.75, 3.05) is 13.2 Å². The standard InChI is InChI=1S/C18H25NO8/c1-9(17(25)19-5-6-20)7-11-3-4-13(12(22)8-11)26-18-15(24)14(23)16(27-18)10(2)21/h3-4,7-8,10,14-16,18,20-24H,5-6H2,1-2H3,(H,19,25)/b9-7+/t10-,14-,15-,16+,18+/m0/s1. The number of aliphatic hydroxyl groups is 4. The van der Waals surface area contributed by atoms with Crippen LogP contribution in [0.25, 0.3) is 6.08 Å². The minimum atomic E-state index is -1.39. The van der Waals surface area contributed by atoms with Gasteiger partial charge in [0.2, 0.25) is 12.2 Å². The topological polar surface area (TPSA) is 149 Å². The summed E-state index contributed by atoms with van der Waals surface area (Å²) in [6.45, 7) is 2.99. The van der Waals surface area contributed by atoms with Crippen molar-refractivity contribution in [1.82, 2.24) is 5.32 Å². The average molecular weight is 383 g/mol. The number of aromatic hydroxyl groups is 1. The van der Waals surface area contributed by atoms with Crippen LogP contribution in [0.15, 0.2) is 23.8 Å². The van der Waals surface area contributed by atoms with Gasteiger partial charge in [0.05, 0.1) is 12.7 Å². The average Bonchev–Trinajstić information content (AvgIpc) is 2.90. The molecule has 150 valence electrons. The summed E-state index contributed by atoms with van der Waals surface area (Å²) in [7, 11) is 0. The highest BCUT2D eigenvalue weighted by molar-refractivity contribution is 5.97. The number of ether oxygens (including phenoxy) is 2. The van der Waals surface area contributed by atoms with Crippen LogP contribution in [0.3, 0.4) is 0 Å². The molecular weight excluding hydrogens is 358 g/mol. The molecule has 5 atom stereocenters. The number of hydrogen-bond acceptors (Lipinski definition) is 8. The zero-order valence-electron chi connectivity index (χ0n) is 15.1. The lowest BCUT2D eigenvalue weighted by molar-refractivity contribution is -0.129. The molecule has 1 heterocycles. The summed E-state index contributed by atoms with van der Waals surface area (Å²) in [5.41, 5.74) is 0.917. The van der Waals surface area contributed by atoms with E-state index in [0.29, 0.717) is 11.1 Å². The normalized spacial score (nSPS) is 26.7. The van der Waals surface area contributed by atoms with E-state index in [0.717, 1.165) is 0 Å². The van der Waals surface area contributed by atoms with Gasteiger partial charge in [0.25, 0.3) is 0 Å². The quantitative estimate of drug-likeness (QED) is 0.332. The fourth-order valence-electron chi connectivity index (χ4n) is 2.64. The number of aliphatic hydroxyl groups excluding tert-OH is 4. The van der Waals surface area contributed by atoms with Crippen molar-refractivity contribution in [1.29, 1.82) is 0 Å². The van der Waals surface area contributed by atoms with Gasteiger partial charge in [0.1, 0.15) is 18.3 Å². The van der Waals surface area contributed by atoms with Gasteiger partial charge in [0, 0.05) is 12.1 Å². The van der Waals surface area contributed by atoms with E-state index in [2.05, 4.69) is 5.32 Å². The Hall–Kier alpha value is -2.17. The van der Waals surface area contributed by atoms with E-state index in [-0.39, 0.29) is 30.6 Å². The summed E-state index contributed by atoms with van der Waals surface area (Å²) in [6, 6.07) is 4.38. The molecule has 0 unspecified atom stereocenters. The Labute approximate surface area is 156 Å². The van der Waals surface area contributed by atoms with Gasteiger partial charge < -0.3 is 40.3 Å². The van der Waals surface area contributed by atoms with Gasteiger partial charge in [-0.25, -0.2) is 0 Å². The summed E-state index contributed by atoms with van der Waals surface area (Å²) >= 11 is 0. The third-order valence-electron chi connectivity index (χ3n) is 4.10. The molecular formula is C18H25NO8. The van der Waals surface area contributed by atoms with Gasteiger partial charge >= 0.3 is 0 Å². The number of phenols is 1. The molecule has 0 radical (unpaired) electrons. The van der Waals surface area contributed by atoms with E-state index in [1.54, 1.807) is 19.1 Å². The Morgan fingerprint density at radius 3 is 2.63 bits per heavy atom. The molecule has 1 fully saturated rings. The summed E-state index contributed by atoms with van der Waals surface area (Å²) in [5, 5.41) is 50.7. The zero-order valence-corrected chi connectivity index (χ0v) is 15.1. The smallest absolute Gasteiger partial charge is 0.247 e. The van der Waals surface area contributed by atoms with Crippen molar-refractivity contribution in [3.05, 3.63) is 29.3 Å². The molecule has 1 aliphatic rings. The van der Waals surface area contributed by atoms with Crippen LogP contribution in [0.4, 0.5) is 0 Å². The van der Waals surface area contributed by atoms with Crippen LogP contribution in [-0.2, 0) is 9.53 Å². The molecule has 0 bridgehead atoms. The number of hydrogen-bond donors (Lipinski definition) is 6.